The Morgan fingerprint density at radius 3 is 2.48 bits per heavy atom. The molecule has 1 saturated carbocycles. The summed E-state index contributed by atoms with van der Waals surface area (Å²) in [7, 11) is 0. The quantitative estimate of drug-likeness (QED) is 0.866. The van der Waals surface area contributed by atoms with Crippen molar-refractivity contribution in [1.29, 1.82) is 0 Å². The van der Waals surface area contributed by atoms with E-state index in [9.17, 15) is 14.7 Å². The van der Waals surface area contributed by atoms with Crippen LogP contribution in [-0.4, -0.2) is 39.8 Å². The zero-order valence-corrected chi connectivity index (χ0v) is 13.3. The Labute approximate surface area is 126 Å². The van der Waals surface area contributed by atoms with Gasteiger partial charge in [-0.25, -0.2) is 9.59 Å². The molecule has 1 heterocycles. The summed E-state index contributed by atoms with van der Waals surface area (Å²) in [6, 6.07) is -0.696. The van der Waals surface area contributed by atoms with Gasteiger partial charge >= 0.3 is 12.1 Å². The monoisotopic (exact) mass is 297 g/mol. The molecule has 3 atom stereocenters. The standard InChI is InChI=1S/C16H27NO4/c1-4-16(2,3)21-15(20)17-12-8-6-5-7-11(12)9-10-13(17)14(18)19/h11-13H,4-10H2,1-3H3,(H,18,19). The Bertz CT molecular complexity index is 407. The number of carbonyl (C=O) groups excluding carboxylic acids is 1. The highest BCUT2D eigenvalue weighted by Gasteiger charge is 2.45. The van der Waals surface area contributed by atoms with E-state index in [2.05, 4.69) is 0 Å². The molecule has 0 radical (unpaired) electrons. The van der Waals surface area contributed by atoms with E-state index in [0.717, 1.165) is 25.7 Å². The van der Waals surface area contributed by atoms with Gasteiger partial charge in [0.2, 0.25) is 0 Å². The van der Waals surface area contributed by atoms with Crippen molar-refractivity contribution < 1.29 is 19.4 Å². The van der Waals surface area contributed by atoms with Crippen LogP contribution in [0.3, 0.4) is 0 Å². The molecule has 1 aliphatic carbocycles. The van der Waals surface area contributed by atoms with Gasteiger partial charge in [0, 0.05) is 6.04 Å². The summed E-state index contributed by atoms with van der Waals surface area (Å²) in [5, 5.41) is 9.45. The van der Waals surface area contributed by atoms with Gasteiger partial charge in [0.25, 0.3) is 0 Å². The highest BCUT2D eigenvalue weighted by molar-refractivity contribution is 5.80. The number of carbonyl (C=O) groups is 2. The van der Waals surface area contributed by atoms with E-state index in [0.29, 0.717) is 18.8 Å². The van der Waals surface area contributed by atoms with Gasteiger partial charge in [-0.15, -0.1) is 0 Å². The topological polar surface area (TPSA) is 66.8 Å². The number of fused-ring (bicyclic) bond motifs is 1. The van der Waals surface area contributed by atoms with Crippen LogP contribution in [-0.2, 0) is 9.53 Å². The van der Waals surface area contributed by atoms with E-state index in [4.69, 9.17) is 4.74 Å². The maximum Gasteiger partial charge on any atom is 0.411 e. The highest BCUT2D eigenvalue weighted by atomic mass is 16.6. The van der Waals surface area contributed by atoms with Gasteiger partial charge in [-0.1, -0.05) is 19.8 Å². The lowest BCUT2D eigenvalue weighted by atomic mass is 9.76. The first-order valence-electron chi connectivity index (χ1n) is 8.10. The van der Waals surface area contributed by atoms with E-state index >= 15 is 0 Å². The van der Waals surface area contributed by atoms with Crippen LogP contribution in [0.4, 0.5) is 4.79 Å². The normalized spacial score (nSPS) is 29.7. The van der Waals surface area contributed by atoms with Crippen LogP contribution in [0.5, 0.6) is 0 Å². The number of piperidine rings is 1. The zero-order valence-electron chi connectivity index (χ0n) is 13.3. The fourth-order valence-electron chi connectivity index (χ4n) is 3.50. The molecule has 120 valence electrons. The Morgan fingerprint density at radius 1 is 1.19 bits per heavy atom. The number of hydrogen-bond donors (Lipinski definition) is 1. The molecule has 0 aromatic rings. The minimum absolute atomic E-state index is 0.0359. The smallest absolute Gasteiger partial charge is 0.411 e. The van der Waals surface area contributed by atoms with Crippen LogP contribution in [0, 0.1) is 5.92 Å². The largest absolute Gasteiger partial charge is 0.480 e. The number of likely N-dealkylation sites (tertiary alicyclic amines) is 1. The molecule has 5 nitrogen and oxygen atoms in total. The third-order valence-corrected chi connectivity index (χ3v) is 5.08. The van der Waals surface area contributed by atoms with Crippen molar-refractivity contribution in [2.75, 3.05) is 0 Å². The number of ether oxygens (including phenoxy) is 1. The van der Waals surface area contributed by atoms with Gasteiger partial charge in [0.15, 0.2) is 0 Å². The molecule has 0 bridgehead atoms. The number of nitrogens with zero attached hydrogens (tertiary/aromatic N) is 1. The number of rotatable bonds is 3. The molecule has 21 heavy (non-hydrogen) atoms. The second kappa shape index (κ2) is 6.24. The number of hydrogen-bond acceptors (Lipinski definition) is 3. The molecule has 1 N–H and O–H groups in total. The molecule has 0 spiro atoms. The summed E-state index contributed by atoms with van der Waals surface area (Å²) in [6.07, 6.45) is 5.94. The summed E-state index contributed by atoms with van der Waals surface area (Å²) >= 11 is 0. The predicted octanol–water partition coefficient (Wildman–Crippen LogP) is 3.42. The first-order chi connectivity index (χ1) is 9.85. The molecular weight excluding hydrogens is 270 g/mol. The Hall–Kier alpha value is -1.26. The van der Waals surface area contributed by atoms with Crippen LogP contribution < -0.4 is 0 Å². The van der Waals surface area contributed by atoms with Gasteiger partial charge in [0.1, 0.15) is 11.6 Å². The summed E-state index contributed by atoms with van der Waals surface area (Å²) in [4.78, 5) is 25.6. The van der Waals surface area contributed by atoms with Gasteiger partial charge in [-0.05, 0) is 51.9 Å². The average Bonchev–Trinajstić information content (AvgIpc) is 2.45. The number of aliphatic carboxylic acids is 1. The van der Waals surface area contributed by atoms with Crippen molar-refractivity contribution in [2.45, 2.75) is 83.4 Å². The van der Waals surface area contributed by atoms with Crippen LogP contribution >= 0.6 is 0 Å². The van der Waals surface area contributed by atoms with Crippen molar-refractivity contribution in [1.82, 2.24) is 4.90 Å². The average molecular weight is 297 g/mol. The molecule has 5 heteroatoms. The van der Waals surface area contributed by atoms with E-state index in [1.54, 1.807) is 0 Å². The van der Waals surface area contributed by atoms with Crippen LogP contribution in [0.1, 0.15) is 65.7 Å². The molecular formula is C16H27NO4. The van der Waals surface area contributed by atoms with E-state index in [1.165, 1.54) is 11.3 Å². The van der Waals surface area contributed by atoms with Crippen molar-refractivity contribution in [3.05, 3.63) is 0 Å². The molecule has 1 amide bonds. The fourth-order valence-corrected chi connectivity index (χ4v) is 3.50. The van der Waals surface area contributed by atoms with Crippen molar-refractivity contribution in [2.24, 2.45) is 5.92 Å². The molecule has 2 fully saturated rings. The van der Waals surface area contributed by atoms with Gasteiger partial charge in [0.05, 0.1) is 0 Å². The molecule has 0 aromatic carbocycles. The zero-order chi connectivity index (χ0) is 15.6. The fraction of sp³-hybridized carbons (Fsp3) is 0.875. The lowest BCUT2D eigenvalue weighted by molar-refractivity contribution is -0.147. The number of amides is 1. The Morgan fingerprint density at radius 2 is 1.86 bits per heavy atom. The van der Waals surface area contributed by atoms with E-state index in [1.807, 2.05) is 20.8 Å². The molecule has 3 unspecified atom stereocenters. The number of carboxylic acids is 1. The first-order valence-corrected chi connectivity index (χ1v) is 8.10. The van der Waals surface area contributed by atoms with Gasteiger partial charge in [-0.2, -0.15) is 0 Å². The SMILES string of the molecule is CCC(C)(C)OC(=O)N1C(C(=O)O)CCC2CCCCC21. The second-order valence-electron chi connectivity index (χ2n) is 6.93. The summed E-state index contributed by atoms with van der Waals surface area (Å²) in [5.74, 6) is -0.475. The van der Waals surface area contributed by atoms with Crippen LogP contribution in [0.25, 0.3) is 0 Å². The van der Waals surface area contributed by atoms with Crippen molar-refractivity contribution in [3.8, 4) is 0 Å². The third-order valence-electron chi connectivity index (χ3n) is 5.08. The molecule has 2 rings (SSSR count). The maximum absolute atomic E-state index is 12.6. The van der Waals surface area contributed by atoms with Crippen molar-refractivity contribution >= 4 is 12.1 Å². The molecule has 1 aliphatic heterocycles. The molecule has 2 aliphatic rings. The molecule has 1 saturated heterocycles. The van der Waals surface area contributed by atoms with Crippen LogP contribution in [0.15, 0.2) is 0 Å². The van der Waals surface area contributed by atoms with Gasteiger partial charge < -0.3 is 9.84 Å². The second-order valence-corrected chi connectivity index (χ2v) is 6.93. The molecule has 0 aromatic heterocycles. The Kier molecular flexibility index (Phi) is 4.79. The first kappa shape index (κ1) is 16.1. The summed E-state index contributed by atoms with van der Waals surface area (Å²) in [5.41, 5.74) is -0.554. The summed E-state index contributed by atoms with van der Waals surface area (Å²) < 4.78 is 5.58. The van der Waals surface area contributed by atoms with E-state index < -0.39 is 23.7 Å². The van der Waals surface area contributed by atoms with Gasteiger partial charge in [-0.3, -0.25) is 4.90 Å². The lowest BCUT2D eigenvalue weighted by Gasteiger charge is -2.47. The minimum atomic E-state index is -0.912. The lowest BCUT2D eigenvalue weighted by Crippen LogP contribution is -2.58. The van der Waals surface area contributed by atoms with Crippen LogP contribution in [0.2, 0.25) is 0 Å². The summed E-state index contributed by atoms with van der Waals surface area (Å²) in [6.45, 7) is 5.69. The predicted molar refractivity (Wildman–Crippen MR) is 79.1 cm³/mol. The van der Waals surface area contributed by atoms with E-state index in [-0.39, 0.29) is 6.04 Å². The minimum Gasteiger partial charge on any atom is -0.480 e. The maximum atomic E-state index is 12.6. The highest BCUT2D eigenvalue weighted by Crippen LogP contribution is 2.38. The van der Waals surface area contributed by atoms with Crippen molar-refractivity contribution in [3.63, 3.8) is 0 Å². The Balaban J connectivity index is 2.19. The third kappa shape index (κ3) is 3.50. The number of carboxylic acid groups (broad SMARTS) is 1.